The van der Waals surface area contributed by atoms with Crippen molar-refractivity contribution in [2.45, 2.75) is 25.0 Å². The van der Waals surface area contributed by atoms with Gasteiger partial charge in [0.15, 0.2) is 0 Å². The van der Waals surface area contributed by atoms with E-state index in [9.17, 15) is 5.11 Å². The van der Waals surface area contributed by atoms with E-state index in [0.717, 1.165) is 6.42 Å². The molecule has 2 unspecified atom stereocenters. The molecule has 2 atom stereocenters. The fraction of sp³-hybridized carbons (Fsp3) is 0.600. The maximum absolute atomic E-state index is 10.4. The first kappa shape index (κ1) is 9.55. The number of β-amino-alcohol motifs (C(OH)–C–C–N with tert-alkyl or cyclic N) is 1. The Bertz CT molecular complexity index is 304. The second-order valence-electron chi connectivity index (χ2n) is 4.09. The molecule has 0 saturated carbocycles. The van der Waals surface area contributed by atoms with Gasteiger partial charge in [-0.25, -0.2) is 0 Å². The summed E-state index contributed by atoms with van der Waals surface area (Å²) in [6.45, 7) is 2.74. The third kappa shape index (κ3) is 1.51. The molecule has 1 aromatic heterocycles. The van der Waals surface area contributed by atoms with Gasteiger partial charge in [0.05, 0.1) is 11.9 Å². The van der Waals surface area contributed by atoms with E-state index in [1.54, 1.807) is 18.6 Å². The van der Waals surface area contributed by atoms with Gasteiger partial charge in [-0.2, -0.15) is 0 Å². The van der Waals surface area contributed by atoms with Crippen LogP contribution in [0.25, 0.3) is 0 Å². The molecule has 0 aromatic carbocycles. The second-order valence-corrected chi connectivity index (χ2v) is 4.09. The fourth-order valence-electron chi connectivity index (χ4n) is 2.00. The van der Waals surface area contributed by atoms with Crippen molar-refractivity contribution in [3.05, 3.63) is 24.3 Å². The van der Waals surface area contributed by atoms with E-state index in [1.807, 2.05) is 7.05 Å². The van der Waals surface area contributed by atoms with Gasteiger partial charge in [-0.05, 0) is 20.4 Å². The van der Waals surface area contributed by atoms with Crippen molar-refractivity contribution in [3.63, 3.8) is 0 Å². The first-order valence-electron chi connectivity index (χ1n) is 4.81. The van der Waals surface area contributed by atoms with Crippen LogP contribution in [0.2, 0.25) is 0 Å². The van der Waals surface area contributed by atoms with Crippen molar-refractivity contribution in [1.82, 2.24) is 14.9 Å². The summed E-state index contributed by atoms with van der Waals surface area (Å²) in [5, 5.41) is 10.4. The monoisotopic (exact) mass is 193 g/mol. The molecule has 2 rings (SSSR count). The van der Waals surface area contributed by atoms with E-state index >= 15 is 0 Å². The number of likely N-dealkylation sites (N-methyl/N-ethyl adjacent to an activating group) is 1. The molecule has 1 aromatic rings. The fourth-order valence-corrected chi connectivity index (χ4v) is 2.00. The molecule has 4 heteroatoms. The van der Waals surface area contributed by atoms with E-state index in [-0.39, 0.29) is 0 Å². The van der Waals surface area contributed by atoms with Crippen molar-refractivity contribution in [2.75, 3.05) is 13.6 Å². The number of hydrogen-bond donors (Lipinski definition) is 1. The number of hydrogen-bond acceptors (Lipinski definition) is 4. The molecule has 0 aliphatic carbocycles. The van der Waals surface area contributed by atoms with Crippen LogP contribution >= 0.6 is 0 Å². The van der Waals surface area contributed by atoms with Crippen LogP contribution in [0.4, 0.5) is 0 Å². The van der Waals surface area contributed by atoms with E-state index in [4.69, 9.17) is 0 Å². The number of likely N-dealkylation sites (tertiary alicyclic amines) is 1. The van der Waals surface area contributed by atoms with Crippen LogP contribution in [0, 0.1) is 0 Å². The van der Waals surface area contributed by atoms with E-state index in [0.29, 0.717) is 18.3 Å². The lowest BCUT2D eigenvalue weighted by Gasteiger charge is -2.20. The summed E-state index contributed by atoms with van der Waals surface area (Å²) < 4.78 is 0. The molecule has 0 radical (unpaired) electrons. The maximum Gasteiger partial charge on any atom is 0.122 e. The summed E-state index contributed by atoms with van der Waals surface area (Å²) in [6, 6.07) is 0.391. The maximum atomic E-state index is 10.4. The quantitative estimate of drug-likeness (QED) is 0.701. The molecule has 0 spiro atoms. The number of aromatic nitrogens is 2. The van der Waals surface area contributed by atoms with Crippen molar-refractivity contribution in [3.8, 4) is 0 Å². The highest BCUT2D eigenvalue weighted by atomic mass is 16.3. The minimum absolute atomic E-state index is 0.391. The summed E-state index contributed by atoms with van der Waals surface area (Å²) in [6.07, 6.45) is 5.61. The van der Waals surface area contributed by atoms with Crippen LogP contribution < -0.4 is 0 Å². The second kappa shape index (κ2) is 3.29. The van der Waals surface area contributed by atoms with Crippen molar-refractivity contribution in [1.29, 1.82) is 0 Å². The van der Waals surface area contributed by atoms with Gasteiger partial charge in [0.25, 0.3) is 0 Å². The highest BCUT2D eigenvalue weighted by molar-refractivity contribution is 5.12. The number of rotatable bonds is 1. The molecular formula is C10H15N3O. The lowest BCUT2D eigenvalue weighted by atomic mass is 9.97. The van der Waals surface area contributed by atoms with E-state index < -0.39 is 5.60 Å². The van der Waals surface area contributed by atoms with Gasteiger partial charge in [0.2, 0.25) is 0 Å². The number of aliphatic hydroxyl groups is 1. The first-order chi connectivity index (χ1) is 6.62. The van der Waals surface area contributed by atoms with Crippen LogP contribution in [0.15, 0.2) is 18.6 Å². The van der Waals surface area contributed by atoms with Crippen LogP contribution in [-0.4, -0.2) is 39.6 Å². The lowest BCUT2D eigenvalue weighted by molar-refractivity contribution is 0.0437. The Kier molecular flexibility index (Phi) is 2.25. The molecule has 76 valence electrons. The highest BCUT2D eigenvalue weighted by Crippen LogP contribution is 2.32. The Morgan fingerprint density at radius 1 is 1.57 bits per heavy atom. The minimum atomic E-state index is -0.817. The molecule has 1 aliphatic rings. The van der Waals surface area contributed by atoms with Crippen molar-refractivity contribution >= 4 is 0 Å². The number of nitrogens with zero attached hydrogens (tertiary/aromatic N) is 3. The average molecular weight is 193 g/mol. The van der Waals surface area contributed by atoms with Crippen LogP contribution in [0.1, 0.15) is 19.0 Å². The summed E-state index contributed by atoms with van der Waals surface area (Å²) in [4.78, 5) is 10.3. The predicted molar refractivity (Wildman–Crippen MR) is 52.6 cm³/mol. The topological polar surface area (TPSA) is 49.3 Å². The molecule has 14 heavy (non-hydrogen) atoms. The minimum Gasteiger partial charge on any atom is -0.382 e. The van der Waals surface area contributed by atoms with Gasteiger partial charge >= 0.3 is 0 Å². The van der Waals surface area contributed by atoms with Crippen LogP contribution in [0.3, 0.4) is 0 Å². The van der Waals surface area contributed by atoms with E-state index in [2.05, 4.69) is 21.8 Å². The Balaban J connectivity index is 2.27. The largest absolute Gasteiger partial charge is 0.382 e. The normalized spacial score (nSPS) is 33.5. The standard InChI is InChI=1S/C10H15N3O/c1-8-5-10(14,7-13(8)2)9-6-11-3-4-12-9/h3-4,6,8,14H,5,7H2,1-2H3. The van der Waals surface area contributed by atoms with Gasteiger partial charge in [-0.15, -0.1) is 0 Å². The third-order valence-corrected chi connectivity index (χ3v) is 2.94. The Labute approximate surface area is 83.6 Å². The summed E-state index contributed by atoms with van der Waals surface area (Å²) in [5.41, 5.74) is -0.140. The summed E-state index contributed by atoms with van der Waals surface area (Å²) in [5.74, 6) is 0. The summed E-state index contributed by atoms with van der Waals surface area (Å²) in [7, 11) is 2.01. The zero-order valence-electron chi connectivity index (χ0n) is 8.51. The van der Waals surface area contributed by atoms with Crippen molar-refractivity contribution in [2.24, 2.45) is 0 Å². The van der Waals surface area contributed by atoms with Gasteiger partial charge in [-0.3, -0.25) is 9.97 Å². The Hall–Kier alpha value is -1.00. The van der Waals surface area contributed by atoms with E-state index in [1.165, 1.54) is 0 Å². The molecule has 0 amide bonds. The Morgan fingerprint density at radius 3 is 2.86 bits per heavy atom. The van der Waals surface area contributed by atoms with Gasteiger partial charge in [-0.1, -0.05) is 0 Å². The molecule has 4 nitrogen and oxygen atoms in total. The van der Waals surface area contributed by atoms with Crippen LogP contribution in [-0.2, 0) is 5.60 Å². The molecule has 1 aliphatic heterocycles. The lowest BCUT2D eigenvalue weighted by Crippen LogP contribution is -2.30. The molecule has 1 saturated heterocycles. The first-order valence-corrected chi connectivity index (χ1v) is 4.81. The van der Waals surface area contributed by atoms with Gasteiger partial charge in [0, 0.05) is 25.0 Å². The predicted octanol–water partition coefficient (Wildman–Crippen LogP) is 0.388. The average Bonchev–Trinajstić information content (AvgIpc) is 2.44. The zero-order valence-corrected chi connectivity index (χ0v) is 8.51. The van der Waals surface area contributed by atoms with Crippen LogP contribution in [0.5, 0.6) is 0 Å². The molecule has 1 N–H and O–H groups in total. The Morgan fingerprint density at radius 2 is 2.36 bits per heavy atom. The third-order valence-electron chi connectivity index (χ3n) is 2.94. The highest BCUT2D eigenvalue weighted by Gasteiger charge is 2.41. The molecule has 0 bridgehead atoms. The molecule has 2 heterocycles. The van der Waals surface area contributed by atoms with Gasteiger partial charge < -0.3 is 10.0 Å². The zero-order chi connectivity index (χ0) is 10.2. The van der Waals surface area contributed by atoms with Crippen molar-refractivity contribution < 1.29 is 5.11 Å². The smallest absolute Gasteiger partial charge is 0.122 e. The van der Waals surface area contributed by atoms with Gasteiger partial charge in [0.1, 0.15) is 5.60 Å². The SMILES string of the molecule is CC1CC(O)(c2cnccn2)CN1C. The molecular weight excluding hydrogens is 178 g/mol. The summed E-state index contributed by atoms with van der Waals surface area (Å²) >= 11 is 0. The molecule has 1 fully saturated rings.